The number of nitrogens with one attached hydrogen (secondary N) is 1. The number of carbonyl (C=O) groups is 1. The van der Waals surface area contributed by atoms with Crippen molar-refractivity contribution in [3.63, 3.8) is 0 Å². The van der Waals surface area contributed by atoms with Crippen LogP contribution in [0.25, 0.3) is 0 Å². The van der Waals surface area contributed by atoms with E-state index in [0.717, 1.165) is 11.8 Å². The van der Waals surface area contributed by atoms with E-state index in [9.17, 15) is 13.2 Å². The van der Waals surface area contributed by atoms with E-state index in [1.807, 2.05) is 0 Å². The number of hydrogen-bond donors (Lipinski definition) is 1. The Morgan fingerprint density at radius 1 is 1.07 bits per heavy atom. The van der Waals surface area contributed by atoms with E-state index in [4.69, 9.17) is 4.74 Å². The van der Waals surface area contributed by atoms with E-state index >= 15 is 0 Å². The van der Waals surface area contributed by atoms with Crippen LogP contribution < -0.4 is 4.74 Å². The van der Waals surface area contributed by atoms with Gasteiger partial charge in [0, 0.05) is 11.1 Å². The maximum absolute atomic E-state index is 12.8. The molecule has 0 unspecified atom stereocenters. The third-order valence-electron chi connectivity index (χ3n) is 4.11. The number of ketones is 1. The zero-order chi connectivity index (χ0) is 20.4. The second-order valence-corrected chi connectivity index (χ2v) is 8.54. The fourth-order valence-corrected chi connectivity index (χ4v) is 4.51. The van der Waals surface area contributed by atoms with Crippen molar-refractivity contribution in [1.29, 1.82) is 0 Å². The molecule has 1 aliphatic rings. The molecule has 0 saturated carbocycles. The molecule has 0 fully saturated rings. The van der Waals surface area contributed by atoms with Gasteiger partial charge in [-0.05, 0) is 42.1 Å². The molecule has 2 aromatic carbocycles. The third-order valence-corrected chi connectivity index (χ3v) is 6.33. The number of carbonyl (C=O) groups excluding carboxylic acids is 1. The SMILES string of the molecule is COc1ccc(S(=O)(=O)/N=C2/C=C(Sc3ncn[nH]3)C(=O)c3ccccc32)cc1. The van der Waals surface area contributed by atoms with Crippen molar-refractivity contribution in [1.82, 2.24) is 15.2 Å². The van der Waals surface area contributed by atoms with Crippen LogP contribution in [0.2, 0.25) is 0 Å². The zero-order valence-electron chi connectivity index (χ0n) is 15.1. The molecule has 0 atom stereocenters. The third kappa shape index (κ3) is 3.84. The first kappa shape index (κ1) is 19.1. The second-order valence-electron chi connectivity index (χ2n) is 5.90. The summed E-state index contributed by atoms with van der Waals surface area (Å²) >= 11 is 1.06. The van der Waals surface area contributed by atoms with Gasteiger partial charge in [-0.2, -0.15) is 17.9 Å². The number of sulfonamides is 1. The molecule has 0 spiro atoms. The summed E-state index contributed by atoms with van der Waals surface area (Å²) in [6, 6.07) is 12.7. The fourth-order valence-electron chi connectivity index (χ4n) is 2.73. The molecular weight excluding hydrogens is 412 g/mol. The lowest BCUT2D eigenvalue weighted by Gasteiger charge is -2.16. The maximum Gasteiger partial charge on any atom is 0.282 e. The molecular formula is C19H14N4O4S2. The number of aromatic nitrogens is 3. The number of rotatable bonds is 5. The molecule has 1 aromatic heterocycles. The maximum atomic E-state index is 12.8. The van der Waals surface area contributed by atoms with Crippen molar-refractivity contribution in [2.75, 3.05) is 7.11 Å². The number of Topliss-reactive ketones (excluding diaryl/α,β-unsaturated/α-hetero) is 1. The Morgan fingerprint density at radius 2 is 1.79 bits per heavy atom. The molecule has 1 N–H and O–H groups in total. The molecule has 0 saturated heterocycles. The Kier molecular flexibility index (Phi) is 5.03. The number of methoxy groups -OCH3 is 1. The highest BCUT2D eigenvalue weighted by atomic mass is 32.2. The van der Waals surface area contributed by atoms with Gasteiger partial charge in [-0.1, -0.05) is 24.3 Å². The normalized spacial score (nSPS) is 15.1. The monoisotopic (exact) mass is 426 g/mol. The molecule has 10 heteroatoms. The predicted molar refractivity (Wildman–Crippen MR) is 108 cm³/mol. The number of benzene rings is 2. The van der Waals surface area contributed by atoms with Gasteiger partial charge in [0.05, 0.1) is 22.6 Å². The van der Waals surface area contributed by atoms with Crippen LogP contribution in [0.1, 0.15) is 15.9 Å². The van der Waals surface area contributed by atoms with Crippen LogP contribution in [0.4, 0.5) is 0 Å². The summed E-state index contributed by atoms with van der Waals surface area (Å²) in [7, 11) is -2.50. The summed E-state index contributed by atoms with van der Waals surface area (Å²) in [5.74, 6) is 0.304. The van der Waals surface area contributed by atoms with E-state index in [1.54, 1.807) is 36.4 Å². The van der Waals surface area contributed by atoms with E-state index in [-0.39, 0.29) is 16.4 Å². The average molecular weight is 426 g/mol. The van der Waals surface area contributed by atoms with Crippen LogP contribution in [0.3, 0.4) is 0 Å². The van der Waals surface area contributed by atoms with Crippen molar-refractivity contribution in [2.45, 2.75) is 10.1 Å². The Bertz CT molecular complexity index is 1230. The first-order chi connectivity index (χ1) is 14.0. The largest absolute Gasteiger partial charge is 0.497 e. The number of ether oxygens (including phenoxy) is 1. The highest BCUT2D eigenvalue weighted by Crippen LogP contribution is 2.32. The Balaban J connectivity index is 1.80. The van der Waals surface area contributed by atoms with Crippen LogP contribution in [0.5, 0.6) is 5.75 Å². The predicted octanol–water partition coefficient (Wildman–Crippen LogP) is 2.86. The average Bonchev–Trinajstić information content (AvgIpc) is 3.24. The standard InChI is InChI=1S/C19H14N4O4S2/c1-27-12-6-8-13(9-7-12)29(25,26)23-16-10-17(28-19-20-11-21-22-19)18(24)15-5-3-2-4-14(15)16/h2-11H,1H3,(H,20,21,22)/b23-16-. The summed E-state index contributed by atoms with van der Waals surface area (Å²) < 4.78 is 34.7. The lowest BCUT2D eigenvalue weighted by Crippen LogP contribution is -2.17. The number of fused-ring (bicyclic) bond motifs is 1. The van der Waals surface area contributed by atoms with Gasteiger partial charge in [0.15, 0.2) is 5.16 Å². The van der Waals surface area contributed by atoms with Gasteiger partial charge in [0.1, 0.15) is 12.1 Å². The smallest absolute Gasteiger partial charge is 0.282 e. The number of hydrogen-bond acceptors (Lipinski definition) is 7. The first-order valence-electron chi connectivity index (χ1n) is 8.36. The van der Waals surface area contributed by atoms with Crippen LogP contribution in [-0.2, 0) is 10.0 Å². The molecule has 0 radical (unpaired) electrons. The summed E-state index contributed by atoms with van der Waals surface area (Å²) in [6.07, 6.45) is 2.78. The molecule has 0 amide bonds. The molecule has 3 aromatic rings. The summed E-state index contributed by atoms with van der Waals surface area (Å²) in [6.45, 7) is 0. The van der Waals surface area contributed by atoms with Crippen molar-refractivity contribution in [2.24, 2.45) is 4.40 Å². The van der Waals surface area contributed by atoms with Gasteiger partial charge in [-0.25, -0.2) is 4.98 Å². The number of H-pyrrole nitrogens is 1. The minimum atomic E-state index is -4.00. The fraction of sp³-hybridized carbons (Fsp3) is 0.0526. The minimum absolute atomic E-state index is 0.0259. The Morgan fingerprint density at radius 3 is 2.45 bits per heavy atom. The van der Waals surface area contributed by atoms with Crippen molar-refractivity contribution in [3.05, 3.63) is 77.0 Å². The first-order valence-corrected chi connectivity index (χ1v) is 10.6. The molecule has 1 heterocycles. The second kappa shape index (κ2) is 7.64. The summed E-state index contributed by atoms with van der Waals surface area (Å²) in [5.41, 5.74) is 1.01. The van der Waals surface area contributed by atoms with E-state index in [2.05, 4.69) is 19.6 Å². The van der Waals surface area contributed by atoms with E-state index in [0.29, 0.717) is 26.9 Å². The molecule has 0 bridgehead atoms. The summed E-state index contributed by atoms with van der Waals surface area (Å²) in [5, 5.41) is 6.84. The van der Waals surface area contributed by atoms with Crippen molar-refractivity contribution >= 4 is 33.3 Å². The molecule has 1 aliphatic carbocycles. The number of nitrogens with zero attached hydrogens (tertiary/aromatic N) is 3. The van der Waals surface area contributed by atoms with Crippen molar-refractivity contribution < 1.29 is 17.9 Å². The van der Waals surface area contributed by atoms with Crippen LogP contribution in [-0.4, -0.2) is 42.2 Å². The van der Waals surface area contributed by atoms with E-state index < -0.39 is 10.0 Å². The molecule has 4 rings (SSSR count). The quantitative estimate of drug-likeness (QED) is 0.667. The molecule has 0 aliphatic heterocycles. The van der Waals surface area contributed by atoms with Gasteiger partial charge in [0.25, 0.3) is 10.0 Å². The Labute approximate surface area is 170 Å². The van der Waals surface area contributed by atoms with Gasteiger partial charge >= 0.3 is 0 Å². The van der Waals surface area contributed by atoms with Gasteiger partial charge in [-0.3, -0.25) is 9.89 Å². The van der Waals surface area contributed by atoms with Gasteiger partial charge < -0.3 is 4.74 Å². The Hall–Kier alpha value is -3.24. The topological polar surface area (TPSA) is 114 Å². The number of thioether (sulfide) groups is 1. The zero-order valence-corrected chi connectivity index (χ0v) is 16.7. The molecule has 8 nitrogen and oxygen atoms in total. The lowest BCUT2D eigenvalue weighted by atomic mass is 9.94. The van der Waals surface area contributed by atoms with Crippen LogP contribution in [0.15, 0.2) is 80.3 Å². The molecule has 29 heavy (non-hydrogen) atoms. The highest BCUT2D eigenvalue weighted by molar-refractivity contribution is 8.04. The minimum Gasteiger partial charge on any atom is -0.497 e. The van der Waals surface area contributed by atoms with Crippen molar-refractivity contribution in [3.8, 4) is 5.75 Å². The van der Waals surface area contributed by atoms with Crippen LogP contribution >= 0.6 is 11.8 Å². The van der Waals surface area contributed by atoms with Gasteiger partial charge in [0.2, 0.25) is 5.78 Å². The van der Waals surface area contributed by atoms with Crippen LogP contribution in [0, 0.1) is 0 Å². The summed E-state index contributed by atoms with van der Waals surface area (Å²) in [4.78, 5) is 17.1. The van der Waals surface area contributed by atoms with Gasteiger partial charge in [-0.15, -0.1) is 0 Å². The highest BCUT2D eigenvalue weighted by Gasteiger charge is 2.27. The number of aromatic amines is 1. The molecule has 146 valence electrons. The number of allylic oxidation sites excluding steroid dienone is 2. The van der Waals surface area contributed by atoms with E-state index in [1.165, 1.54) is 31.6 Å². The lowest BCUT2D eigenvalue weighted by molar-refractivity contribution is 0.104.